The van der Waals surface area contributed by atoms with E-state index in [1.165, 1.54) is 0 Å². The molecule has 0 aliphatic heterocycles. The van der Waals surface area contributed by atoms with Crippen LogP contribution in [0.15, 0.2) is 0 Å². The summed E-state index contributed by atoms with van der Waals surface area (Å²) in [6.07, 6.45) is 2.95. The van der Waals surface area contributed by atoms with Gasteiger partial charge in [-0.15, -0.1) is 0 Å². The molecule has 0 bridgehead atoms. The zero-order valence-electron chi connectivity index (χ0n) is 9.45. The highest BCUT2D eigenvalue weighted by Crippen LogP contribution is 2.01. The van der Waals surface area contributed by atoms with Crippen LogP contribution < -0.4 is 0 Å². The summed E-state index contributed by atoms with van der Waals surface area (Å²) in [6.45, 7) is 6.70. The van der Waals surface area contributed by atoms with E-state index >= 15 is 0 Å². The van der Waals surface area contributed by atoms with E-state index in [-0.39, 0.29) is 0 Å². The first kappa shape index (κ1) is 12.4. The first-order chi connectivity index (χ1) is 7.29. The van der Waals surface area contributed by atoms with Crippen molar-refractivity contribution in [2.75, 3.05) is 13.2 Å². The number of aromatic nitrogens is 3. The van der Waals surface area contributed by atoms with Gasteiger partial charge in [0.2, 0.25) is 0 Å². The molecule has 86 valence electrons. The van der Waals surface area contributed by atoms with E-state index in [1.54, 1.807) is 0 Å². The van der Waals surface area contributed by atoms with Gasteiger partial charge in [-0.1, -0.05) is 13.8 Å². The van der Waals surface area contributed by atoms with Crippen molar-refractivity contribution >= 4 is 12.2 Å². The van der Waals surface area contributed by atoms with Crippen LogP contribution in [0.4, 0.5) is 0 Å². The number of hydrogen-bond acceptors (Lipinski definition) is 3. The maximum Gasteiger partial charge on any atom is 0.195 e. The average Bonchev–Trinajstić information content (AvgIpc) is 2.57. The normalized spacial score (nSPS) is 10.8. The maximum atomic E-state index is 5.43. The standard InChI is InChI=1S/C10H19N3OS/c1-3-6-13-9(11-12-10(13)15)5-8-14-7-4-2/h3-8H2,1-2H3,(H,12,15). The minimum absolute atomic E-state index is 0.711. The topological polar surface area (TPSA) is 42.8 Å². The maximum absolute atomic E-state index is 5.43. The quantitative estimate of drug-likeness (QED) is 0.576. The molecule has 0 saturated heterocycles. The highest BCUT2D eigenvalue weighted by Gasteiger charge is 2.04. The number of rotatable bonds is 7. The van der Waals surface area contributed by atoms with Crippen molar-refractivity contribution in [3.63, 3.8) is 0 Å². The third kappa shape index (κ3) is 3.76. The predicted octanol–water partition coefficient (Wildman–Crippen LogP) is 2.32. The van der Waals surface area contributed by atoms with E-state index in [4.69, 9.17) is 17.0 Å². The molecule has 0 aliphatic carbocycles. The first-order valence-electron chi connectivity index (χ1n) is 5.51. The number of ether oxygens (including phenoxy) is 1. The van der Waals surface area contributed by atoms with Gasteiger partial charge in [-0.25, -0.2) is 0 Å². The zero-order chi connectivity index (χ0) is 11.1. The summed E-state index contributed by atoms with van der Waals surface area (Å²) in [7, 11) is 0. The molecular formula is C10H19N3OS. The second kappa shape index (κ2) is 6.74. The Morgan fingerprint density at radius 1 is 1.33 bits per heavy atom. The molecule has 4 nitrogen and oxygen atoms in total. The molecule has 1 rings (SSSR count). The van der Waals surface area contributed by atoms with Crippen molar-refractivity contribution in [2.24, 2.45) is 0 Å². The number of nitrogens with zero attached hydrogens (tertiary/aromatic N) is 2. The van der Waals surface area contributed by atoms with Crippen LogP contribution in [-0.2, 0) is 17.7 Å². The Bertz CT molecular complexity index is 332. The fourth-order valence-electron chi connectivity index (χ4n) is 1.41. The third-order valence-corrected chi connectivity index (χ3v) is 2.41. The minimum atomic E-state index is 0.711. The van der Waals surface area contributed by atoms with Crippen molar-refractivity contribution < 1.29 is 4.74 Å². The van der Waals surface area contributed by atoms with Gasteiger partial charge >= 0.3 is 0 Å². The van der Waals surface area contributed by atoms with Crippen LogP contribution in [0.3, 0.4) is 0 Å². The summed E-state index contributed by atoms with van der Waals surface area (Å²) in [5.74, 6) is 0.998. The fourth-order valence-corrected chi connectivity index (χ4v) is 1.65. The Labute approximate surface area is 95.7 Å². The van der Waals surface area contributed by atoms with Crippen LogP contribution in [-0.4, -0.2) is 28.0 Å². The molecule has 0 unspecified atom stereocenters. The SMILES string of the molecule is CCCOCCc1n[nH]c(=S)n1CCC. The Morgan fingerprint density at radius 3 is 2.80 bits per heavy atom. The molecule has 1 aromatic heterocycles. The number of nitrogens with one attached hydrogen (secondary N) is 1. The molecule has 1 aromatic rings. The summed E-state index contributed by atoms with van der Waals surface area (Å²) >= 11 is 5.14. The van der Waals surface area contributed by atoms with Crippen LogP contribution in [0.25, 0.3) is 0 Å². The summed E-state index contributed by atoms with van der Waals surface area (Å²) in [5.41, 5.74) is 0. The van der Waals surface area contributed by atoms with Crippen LogP contribution in [0.2, 0.25) is 0 Å². The molecule has 1 N–H and O–H groups in total. The van der Waals surface area contributed by atoms with Crippen LogP contribution in [0.1, 0.15) is 32.5 Å². The van der Waals surface area contributed by atoms with Crippen molar-refractivity contribution in [1.82, 2.24) is 14.8 Å². The molecule has 5 heteroatoms. The molecule has 0 radical (unpaired) electrons. The lowest BCUT2D eigenvalue weighted by molar-refractivity contribution is 0.136. The highest BCUT2D eigenvalue weighted by atomic mass is 32.1. The van der Waals surface area contributed by atoms with E-state index in [1.807, 2.05) is 4.57 Å². The van der Waals surface area contributed by atoms with Crippen LogP contribution >= 0.6 is 12.2 Å². The molecule has 0 spiro atoms. The highest BCUT2D eigenvalue weighted by molar-refractivity contribution is 7.71. The molecule has 0 amide bonds. The Morgan fingerprint density at radius 2 is 2.13 bits per heavy atom. The molecule has 0 saturated carbocycles. The molecule has 1 heterocycles. The van der Waals surface area contributed by atoms with Crippen molar-refractivity contribution in [3.05, 3.63) is 10.6 Å². The zero-order valence-corrected chi connectivity index (χ0v) is 10.3. The van der Waals surface area contributed by atoms with Gasteiger partial charge in [0.25, 0.3) is 0 Å². The monoisotopic (exact) mass is 229 g/mol. The molecule has 0 aliphatic rings. The molecular weight excluding hydrogens is 210 g/mol. The summed E-state index contributed by atoms with van der Waals surface area (Å²) < 4.78 is 8.18. The van der Waals surface area contributed by atoms with Crippen LogP contribution in [0, 0.1) is 4.77 Å². The van der Waals surface area contributed by atoms with Gasteiger partial charge in [0.1, 0.15) is 5.82 Å². The first-order valence-corrected chi connectivity index (χ1v) is 5.92. The second-order valence-corrected chi connectivity index (χ2v) is 3.85. The van der Waals surface area contributed by atoms with Gasteiger partial charge in [-0.05, 0) is 25.1 Å². The van der Waals surface area contributed by atoms with Crippen molar-refractivity contribution in [1.29, 1.82) is 0 Å². The molecule has 15 heavy (non-hydrogen) atoms. The van der Waals surface area contributed by atoms with Gasteiger partial charge in [-0.3, -0.25) is 5.10 Å². The summed E-state index contributed by atoms with van der Waals surface area (Å²) in [5, 5.41) is 7.02. The molecule has 0 fully saturated rings. The Balaban J connectivity index is 2.49. The van der Waals surface area contributed by atoms with Crippen LogP contribution in [0.5, 0.6) is 0 Å². The van der Waals surface area contributed by atoms with Gasteiger partial charge in [0.05, 0.1) is 6.61 Å². The van der Waals surface area contributed by atoms with Gasteiger partial charge in [0.15, 0.2) is 4.77 Å². The van der Waals surface area contributed by atoms with Crippen molar-refractivity contribution in [3.8, 4) is 0 Å². The molecule has 0 atom stereocenters. The lowest BCUT2D eigenvalue weighted by Crippen LogP contribution is -2.08. The fraction of sp³-hybridized carbons (Fsp3) is 0.800. The van der Waals surface area contributed by atoms with E-state index in [0.29, 0.717) is 4.77 Å². The summed E-state index contributed by atoms with van der Waals surface area (Å²) in [4.78, 5) is 0. The van der Waals surface area contributed by atoms with Gasteiger partial charge < -0.3 is 9.30 Å². The number of hydrogen-bond donors (Lipinski definition) is 1. The number of H-pyrrole nitrogens is 1. The van der Waals surface area contributed by atoms with E-state index in [9.17, 15) is 0 Å². The lowest BCUT2D eigenvalue weighted by atomic mass is 10.4. The molecule has 0 aromatic carbocycles. The minimum Gasteiger partial charge on any atom is -0.381 e. The number of aromatic amines is 1. The van der Waals surface area contributed by atoms with E-state index < -0.39 is 0 Å². The van der Waals surface area contributed by atoms with Crippen molar-refractivity contribution in [2.45, 2.75) is 39.7 Å². The smallest absolute Gasteiger partial charge is 0.195 e. The van der Waals surface area contributed by atoms with Gasteiger partial charge in [-0.2, -0.15) is 5.10 Å². The van der Waals surface area contributed by atoms with Gasteiger partial charge in [0, 0.05) is 19.6 Å². The van der Waals surface area contributed by atoms with E-state index in [0.717, 1.165) is 44.8 Å². The average molecular weight is 229 g/mol. The predicted molar refractivity (Wildman–Crippen MR) is 62.5 cm³/mol. The lowest BCUT2D eigenvalue weighted by Gasteiger charge is -2.05. The largest absolute Gasteiger partial charge is 0.381 e. The second-order valence-electron chi connectivity index (χ2n) is 3.46. The summed E-state index contributed by atoms with van der Waals surface area (Å²) in [6, 6.07) is 0. The third-order valence-electron chi connectivity index (χ3n) is 2.10. The Kier molecular flexibility index (Phi) is 5.57. The Hall–Kier alpha value is -0.680. The van der Waals surface area contributed by atoms with E-state index in [2.05, 4.69) is 24.0 Å².